The van der Waals surface area contributed by atoms with Crippen LogP contribution in [0.3, 0.4) is 0 Å². The Morgan fingerprint density at radius 3 is 2.39 bits per heavy atom. The van der Waals surface area contributed by atoms with Crippen LogP contribution in [0.1, 0.15) is 21.7 Å². The fourth-order valence-corrected chi connectivity index (χ4v) is 3.38. The summed E-state index contributed by atoms with van der Waals surface area (Å²) in [6, 6.07) is 21.5. The summed E-state index contributed by atoms with van der Waals surface area (Å²) in [5.41, 5.74) is 2.19. The van der Waals surface area contributed by atoms with E-state index in [1.54, 1.807) is 49.6 Å². The number of furan rings is 1. The number of hydrogen-bond donors (Lipinski definition) is 1. The Morgan fingerprint density at radius 2 is 1.68 bits per heavy atom. The molecule has 5 nitrogen and oxygen atoms in total. The Bertz CT molecular complexity index is 1270. The highest BCUT2D eigenvalue weighted by Gasteiger charge is 2.22. The SMILES string of the molecule is COc1ccc(C=CC(=O)Nc2c(C(=O)c3ccc(Br)cc3)oc3ccccc23)cc1. The molecule has 4 rings (SSSR count). The van der Waals surface area contributed by atoms with E-state index < -0.39 is 0 Å². The van der Waals surface area contributed by atoms with Gasteiger partial charge in [-0.25, -0.2) is 0 Å². The highest BCUT2D eigenvalue weighted by atomic mass is 79.9. The zero-order valence-corrected chi connectivity index (χ0v) is 18.2. The molecule has 0 unspecified atom stereocenters. The maximum atomic E-state index is 13.1. The van der Waals surface area contributed by atoms with Crippen LogP contribution >= 0.6 is 15.9 Å². The molecular weight excluding hydrogens is 458 g/mol. The summed E-state index contributed by atoms with van der Waals surface area (Å²) in [7, 11) is 1.60. The largest absolute Gasteiger partial charge is 0.497 e. The van der Waals surface area contributed by atoms with Gasteiger partial charge in [0, 0.05) is 21.5 Å². The van der Waals surface area contributed by atoms with Gasteiger partial charge in [0.05, 0.1) is 12.8 Å². The molecule has 0 aliphatic heterocycles. The van der Waals surface area contributed by atoms with Crippen molar-refractivity contribution in [1.29, 1.82) is 0 Å². The minimum atomic E-state index is -0.368. The normalized spacial score (nSPS) is 11.0. The number of benzene rings is 3. The van der Waals surface area contributed by atoms with Crippen LogP contribution in [0.15, 0.2) is 87.8 Å². The van der Waals surface area contributed by atoms with Gasteiger partial charge in [-0.05, 0) is 60.2 Å². The van der Waals surface area contributed by atoms with E-state index in [0.29, 0.717) is 22.2 Å². The summed E-state index contributed by atoms with van der Waals surface area (Å²) < 4.78 is 11.8. The number of halogens is 1. The monoisotopic (exact) mass is 475 g/mol. The predicted molar refractivity (Wildman–Crippen MR) is 124 cm³/mol. The Hall–Kier alpha value is -3.64. The number of ether oxygens (including phenoxy) is 1. The Balaban J connectivity index is 1.63. The molecule has 0 aliphatic rings. The smallest absolute Gasteiger partial charge is 0.248 e. The van der Waals surface area contributed by atoms with E-state index in [9.17, 15) is 9.59 Å². The first-order valence-corrected chi connectivity index (χ1v) is 10.3. The first kappa shape index (κ1) is 20.6. The van der Waals surface area contributed by atoms with Crippen LogP contribution in [-0.4, -0.2) is 18.8 Å². The van der Waals surface area contributed by atoms with Crippen LogP contribution in [0.25, 0.3) is 17.0 Å². The van der Waals surface area contributed by atoms with Gasteiger partial charge in [0.2, 0.25) is 11.7 Å². The van der Waals surface area contributed by atoms with Gasteiger partial charge in [-0.15, -0.1) is 0 Å². The summed E-state index contributed by atoms with van der Waals surface area (Å²) in [6.07, 6.45) is 3.10. The van der Waals surface area contributed by atoms with Crippen molar-refractivity contribution < 1.29 is 18.7 Å². The number of nitrogens with one attached hydrogen (secondary N) is 1. The van der Waals surface area contributed by atoms with Crippen LogP contribution in [0.2, 0.25) is 0 Å². The summed E-state index contributed by atoms with van der Waals surface area (Å²) in [5.74, 6) is 0.155. The third-order valence-corrected chi connectivity index (χ3v) is 5.23. The minimum absolute atomic E-state index is 0.0923. The van der Waals surface area contributed by atoms with Crippen LogP contribution < -0.4 is 10.1 Å². The summed E-state index contributed by atoms with van der Waals surface area (Å²) in [5, 5.41) is 3.48. The molecule has 3 aromatic carbocycles. The second-order valence-electron chi connectivity index (χ2n) is 6.73. The molecule has 0 spiro atoms. The summed E-state index contributed by atoms with van der Waals surface area (Å²) in [6.45, 7) is 0. The number of para-hydroxylation sites is 1. The minimum Gasteiger partial charge on any atom is -0.497 e. The van der Waals surface area contributed by atoms with Crippen molar-refractivity contribution in [2.75, 3.05) is 12.4 Å². The zero-order valence-electron chi connectivity index (χ0n) is 16.6. The maximum Gasteiger partial charge on any atom is 0.248 e. The van der Waals surface area contributed by atoms with Gasteiger partial charge in [-0.2, -0.15) is 0 Å². The van der Waals surface area contributed by atoms with Crippen molar-refractivity contribution in [2.45, 2.75) is 0 Å². The lowest BCUT2D eigenvalue weighted by molar-refractivity contribution is -0.111. The quantitative estimate of drug-likeness (QED) is 0.270. The number of methoxy groups -OCH3 is 1. The molecule has 0 aliphatic carbocycles. The van der Waals surface area contributed by atoms with Gasteiger partial charge in [0.1, 0.15) is 11.3 Å². The average Bonchev–Trinajstić information content (AvgIpc) is 3.16. The zero-order chi connectivity index (χ0) is 21.8. The molecule has 154 valence electrons. The highest BCUT2D eigenvalue weighted by molar-refractivity contribution is 9.10. The lowest BCUT2D eigenvalue weighted by Crippen LogP contribution is -2.11. The number of amides is 1. The Kier molecular flexibility index (Phi) is 6.00. The number of ketones is 1. The van der Waals surface area contributed by atoms with Crippen molar-refractivity contribution in [1.82, 2.24) is 0 Å². The Labute approximate surface area is 187 Å². The lowest BCUT2D eigenvalue weighted by Gasteiger charge is -2.04. The molecule has 0 radical (unpaired) electrons. The molecule has 0 fully saturated rings. The number of carbonyl (C=O) groups excluding carboxylic acids is 2. The van der Waals surface area contributed by atoms with E-state index in [1.165, 1.54) is 6.08 Å². The summed E-state index contributed by atoms with van der Waals surface area (Å²) >= 11 is 3.36. The van der Waals surface area contributed by atoms with E-state index in [1.807, 2.05) is 36.4 Å². The van der Waals surface area contributed by atoms with E-state index in [0.717, 1.165) is 15.8 Å². The van der Waals surface area contributed by atoms with Crippen LogP contribution in [-0.2, 0) is 4.79 Å². The van der Waals surface area contributed by atoms with Gasteiger partial charge >= 0.3 is 0 Å². The van der Waals surface area contributed by atoms with E-state index in [-0.39, 0.29) is 17.5 Å². The van der Waals surface area contributed by atoms with Crippen LogP contribution in [0.4, 0.5) is 5.69 Å². The second kappa shape index (κ2) is 9.02. The average molecular weight is 476 g/mol. The van der Waals surface area contributed by atoms with Gasteiger partial charge < -0.3 is 14.5 Å². The molecule has 4 aromatic rings. The number of hydrogen-bond acceptors (Lipinski definition) is 4. The molecule has 6 heteroatoms. The van der Waals surface area contributed by atoms with Gasteiger partial charge in [-0.3, -0.25) is 9.59 Å². The van der Waals surface area contributed by atoms with Gasteiger partial charge in [-0.1, -0.05) is 40.2 Å². The Morgan fingerprint density at radius 1 is 0.968 bits per heavy atom. The molecule has 1 amide bonds. The number of fused-ring (bicyclic) bond motifs is 1. The first-order valence-electron chi connectivity index (χ1n) is 9.50. The van der Waals surface area contributed by atoms with Crippen molar-refractivity contribution in [2.24, 2.45) is 0 Å². The van der Waals surface area contributed by atoms with E-state index >= 15 is 0 Å². The second-order valence-corrected chi connectivity index (χ2v) is 7.65. The van der Waals surface area contributed by atoms with Crippen molar-refractivity contribution in [3.05, 3.63) is 100 Å². The third-order valence-electron chi connectivity index (χ3n) is 4.70. The van der Waals surface area contributed by atoms with E-state index in [4.69, 9.17) is 9.15 Å². The fourth-order valence-electron chi connectivity index (χ4n) is 3.11. The molecule has 31 heavy (non-hydrogen) atoms. The van der Waals surface area contributed by atoms with Crippen molar-refractivity contribution in [3.8, 4) is 5.75 Å². The van der Waals surface area contributed by atoms with Gasteiger partial charge in [0.15, 0.2) is 5.76 Å². The number of carbonyl (C=O) groups is 2. The number of rotatable bonds is 6. The molecule has 0 saturated carbocycles. The molecular formula is C25H18BrNO4. The molecule has 1 aromatic heterocycles. The fraction of sp³-hybridized carbons (Fsp3) is 0.0400. The maximum absolute atomic E-state index is 13.1. The van der Waals surface area contributed by atoms with Crippen molar-refractivity contribution in [3.63, 3.8) is 0 Å². The molecule has 1 heterocycles. The molecule has 0 atom stereocenters. The highest BCUT2D eigenvalue weighted by Crippen LogP contribution is 2.32. The predicted octanol–water partition coefficient (Wildman–Crippen LogP) is 6.09. The molecule has 0 saturated heterocycles. The standard InChI is InChI=1S/C25H18BrNO4/c1-30-19-13-6-16(7-14-19)8-15-22(28)27-23-20-4-2-3-5-21(20)31-25(23)24(29)17-9-11-18(26)12-10-17/h2-15H,1H3,(H,27,28). The van der Waals surface area contributed by atoms with Crippen molar-refractivity contribution >= 4 is 50.4 Å². The van der Waals surface area contributed by atoms with Crippen LogP contribution in [0, 0.1) is 0 Å². The van der Waals surface area contributed by atoms with Gasteiger partial charge in [0.25, 0.3) is 0 Å². The number of anilines is 1. The third kappa shape index (κ3) is 4.59. The lowest BCUT2D eigenvalue weighted by atomic mass is 10.1. The van der Waals surface area contributed by atoms with E-state index in [2.05, 4.69) is 21.2 Å². The van der Waals surface area contributed by atoms with Crippen LogP contribution in [0.5, 0.6) is 5.75 Å². The first-order chi connectivity index (χ1) is 15.0. The molecule has 0 bridgehead atoms. The topological polar surface area (TPSA) is 68.5 Å². The molecule has 1 N–H and O–H groups in total. The summed E-state index contributed by atoms with van der Waals surface area (Å²) in [4.78, 5) is 25.7.